The molecule has 6 heteroatoms. The van der Waals surface area contributed by atoms with Gasteiger partial charge in [0.05, 0.1) is 5.02 Å². The number of nitrogens with zero attached hydrogens (tertiary/aromatic N) is 2. The summed E-state index contributed by atoms with van der Waals surface area (Å²) in [5.74, 6) is 0.459. The third-order valence-electron chi connectivity index (χ3n) is 2.92. The monoisotopic (exact) mass is 333 g/mol. The second-order valence-corrected chi connectivity index (χ2v) is 5.31. The van der Waals surface area contributed by atoms with Gasteiger partial charge in [-0.15, -0.1) is 0 Å². The van der Waals surface area contributed by atoms with Crippen molar-refractivity contribution in [3.05, 3.63) is 70.6 Å². The minimum Gasteiger partial charge on any atom is -0.340 e. The Hall–Kier alpha value is -2.17. The predicted molar refractivity (Wildman–Crippen MR) is 87.2 cm³/mol. The summed E-state index contributed by atoms with van der Waals surface area (Å²) in [7, 11) is 0. The van der Waals surface area contributed by atoms with Gasteiger partial charge in [-0.2, -0.15) is 0 Å². The van der Waals surface area contributed by atoms with Crippen LogP contribution in [0.5, 0.6) is 0 Å². The van der Waals surface area contributed by atoms with E-state index >= 15 is 0 Å². The third kappa shape index (κ3) is 3.35. The maximum Gasteiger partial charge on any atom is 0.163 e. The molecule has 0 spiro atoms. The Bertz CT molecular complexity index is 810. The van der Waals surface area contributed by atoms with Crippen molar-refractivity contribution in [1.29, 1.82) is 0 Å². The lowest BCUT2D eigenvalue weighted by molar-refractivity contribution is 0.629. The van der Waals surface area contributed by atoms with Crippen LogP contribution in [0, 0.1) is 5.82 Å². The van der Waals surface area contributed by atoms with E-state index in [2.05, 4.69) is 15.3 Å². The smallest absolute Gasteiger partial charge is 0.163 e. The molecule has 0 unspecified atom stereocenters. The zero-order valence-corrected chi connectivity index (χ0v) is 12.7. The van der Waals surface area contributed by atoms with Crippen LogP contribution < -0.4 is 5.32 Å². The Labute approximate surface area is 136 Å². The fourth-order valence-corrected chi connectivity index (χ4v) is 2.22. The van der Waals surface area contributed by atoms with E-state index in [9.17, 15) is 4.39 Å². The molecular formula is C16H10Cl2FN3. The largest absolute Gasteiger partial charge is 0.340 e. The summed E-state index contributed by atoms with van der Waals surface area (Å²) in [6.07, 6.45) is 0. The second-order valence-electron chi connectivity index (χ2n) is 4.52. The summed E-state index contributed by atoms with van der Waals surface area (Å²) in [6.45, 7) is 0. The van der Waals surface area contributed by atoms with Crippen LogP contribution in [0.1, 0.15) is 0 Å². The van der Waals surface area contributed by atoms with Crippen molar-refractivity contribution in [3.63, 3.8) is 0 Å². The van der Waals surface area contributed by atoms with Crippen molar-refractivity contribution in [2.24, 2.45) is 0 Å². The Morgan fingerprint density at radius 2 is 1.68 bits per heavy atom. The zero-order valence-electron chi connectivity index (χ0n) is 11.2. The van der Waals surface area contributed by atoms with E-state index in [1.807, 2.05) is 30.3 Å². The number of benzene rings is 2. The molecule has 3 nitrogen and oxygen atoms in total. The first-order valence-corrected chi connectivity index (χ1v) is 7.19. The molecule has 0 saturated heterocycles. The number of rotatable bonds is 3. The Morgan fingerprint density at radius 1 is 0.909 bits per heavy atom. The second kappa shape index (κ2) is 6.30. The van der Waals surface area contributed by atoms with Crippen molar-refractivity contribution < 1.29 is 4.39 Å². The molecule has 3 aromatic rings. The molecule has 1 N–H and O–H groups in total. The Balaban J connectivity index is 1.94. The molecule has 0 fully saturated rings. The molecule has 0 bridgehead atoms. The molecule has 3 rings (SSSR count). The number of halogens is 3. The van der Waals surface area contributed by atoms with E-state index in [-0.39, 0.29) is 5.02 Å². The fourth-order valence-electron chi connectivity index (χ4n) is 1.92. The highest BCUT2D eigenvalue weighted by atomic mass is 35.5. The highest BCUT2D eigenvalue weighted by Gasteiger charge is 2.07. The molecule has 2 aromatic carbocycles. The summed E-state index contributed by atoms with van der Waals surface area (Å²) >= 11 is 11.7. The first kappa shape index (κ1) is 14.8. The highest BCUT2D eigenvalue weighted by Crippen LogP contribution is 2.24. The van der Waals surface area contributed by atoms with E-state index in [0.717, 1.165) is 5.56 Å². The summed E-state index contributed by atoms with van der Waals surface area (Å²) in [6, 6.07) is 15.5. The van der Waals surface area contributed by atoms with Crippen molar-refractivity contribution in [2.45, 2.75) is 0 Å². The zero-order chi connectivity index (χ0) is 15.5. The molecule has 0 amide bonds. The predicted octanol–water partition coefficient (Wildman–Crippen LogP) is 5.33. The Kier molecular flexibility index (Phi) is 4.22. The fraction of sp³-hybridized carbons (Fsp3) is 0. The average Bonchev–Trinajstić information content (AvgIpc) is 2.51. The van der Waals surface area contributed by atoms with Crippen LogP contribution in [-0.2, 0) is 0 Å². The molecule has 110 valence electrons. The summed E-state index contributed by atoms with van der Waals surface area (Å²) in [4.78, 5) is 8.59. The summed E-state index contributed by atoms with van der Waals surface area (Å²) in [5.41, 5.74) is 1.37. The molecule has 0 saturated carbocycles. The molecule has 0 atom stereocenters. The third-order valence-corrected chi connectivity index (χ3v) is 3.42. The van der Waals surface area contributed by atoms with Crippen LogP contribution in [0.4, 0.5) is 15.9 Å². The van der Waals surface area contributed by atoms with Gasteiger partial charge in [0, 0.05) is 17.3 Å². The van der Waals surface area contributed by atoms with Crippen LogP contribution in [0.2, 0.25) is 10.2 Å². The van der Waals surface area contributed by atoms with E-state index in [1.165, 1.54) is 12.1 Å². The Morgan fingerprint density at radius 3 is 2.41 bits per heavy atom. The molecule has 1 heterocycles. The quantitative estimate of drug-likeness (QED) is 0.658. The standard InChI is InChI=1S/C16H10Cl2FN3/c17-12-7-6-11(8-13(12)19)20-15-9-14(18)21-16(22-15)10-4-2-1-3-5-10/h1-9H,(H,20,21,22). The lowest BCUT2D eigenvalue weighted by Gasteiger charge is -2.08. The molecule has 22 heavy (non-hydrogen) atoms. The number of hydrogen-bond acceptors (Lipinski definition) is 3. The van der Waals surface area contributed by atoms with Crippen LogP contribution >= 0.6 is 23.2 Å². The van der Waals surface area contributed by atoms with Gasteiger partial charge in [-0.05, 0) is 18.2 Å². The average molecular weight is 334 g/mol. The number of hydrogen-bond donors (Lipinski definition) is 1. The molecule has 0 aliphatic rings. The van der Waals surface area contributed by atoms with Gasteiger partial charge in [0.1, 0.15) is 16.8 Å². The lowest BCUT2D eigenvalue weighted by atomic mass is 10.2. The van der Waals surface area contributed by atoms with Crippen LogP contribution in [-0.4, -0.2) is 9.97 Å². The van der Waals surface area contributed by atoms with Gasteiger partial charge >= 0.3 is 0 Å². The van der Waals surface area contributed by atoms with Gasteiger partial charge in [0.25, 0.3) is 0 Å². The molecule has 0 aliphatic heterocycles. The summed E-state index contributed by atoms with van der Waals surface area (Å²) in [5, 5.41) is 3.35. The van der Waals surface area contributed by atoms with Gasteiger partial charge in [0.15, 0.2) is 5.82 Å². The van der Waals surface area contributed by atoms with Crippen molar-refractivity contribution in [3.8, 4) is 11.4 Å². The van der Waals surface area contributed by atoms with Crippen molar-refractivity contribution in [2.75, 3.05) is 5.32 Å². The van der Waals surface area contributed by atoms with Crippen molar-refractivity contribution >= 4 is 34.7 Å². The topological polar surface area (TPSA) is 37.8 Å². The van der Waals surface area contributed by atoms with Crippen LogP contribution in [0.15, 0.2) is 54.6 Å². The molecule has 1 aromatic heterocycles. The van der Waals surface area contributed by atoms with E-state index < -0.39 is 5.82 Å². The normalized spacial score (nSPS) is 10.5. The first-order valence-electron chi connectivity index (χ1n) is 6.44. The van der Waals surface area contributed by atoms with Gasteiger partial charge < -0.3 is 5.32 Å². The van der Waals surface area contributed by atoms with Gasteiger partial charge in [-0.25, -0.2) is 14.4 Å². The molecule has 0 aliphatic carbocycles. The minimum absolute atomic E-state index is 0.0660. The van der Waals surface area contributed by atoms with E-state index in [0.29, 0.717) is 22.5 Å². The lowest BCUT2D eigenvalue weighted by Crippen LogP contribution is -1.98. The van der Waals surface area contributed by atoms with Gasteiger partial charge in [-0.3, -0.25) is 0 Å². The number of anilines is 2. The maximum atomic E-state index is 13.5. The highest BCUT2D eigenvalue weighted by molar-refractivity contribution is 6.30. The maximum absolute atomic E-state index is 13.5. The molecule has 0 radical (unpaired) electrons. The number of nitrogens with one attached hydrogen (secondary N) is 1. The van der Waals surface area contributed by atoms with Crippen LogP contribution in [0.3, 0.4) is 0 Å². The number of aromatic nitrogens is 2. The van der Waals surface area contributed by atoms with Gasteiger partial charge in [0.2, 0.25) is 0 Å². The van der Waals surface area contributed by atoms with E-state index in [4.69, 9.17) is 23.2 Å². The first-order chi connectivity index (χ1) is 10.6. The van der Waals surface area contributed by atoms with Gasteiger partial charge in [-0.1, -0.05) is 53.5 Å². The summed E-state index contributed by atoms with van der Waals surface area (Å²) < 4.78 is 13.5. The molecular weight excluding hydrogens is 324 g/mol. The van der Waals surface area contributed by atoms with E-state index in [1.54, 1.807) is 12.1 Å². The van der Waals surface area contributed by atoms with Crippen LogP contribution in [0.25, 0.3) is 11.4 Å². The van der Waals surface area contributed by atoms with Crippen molar-refractivity contribution in [1.82, 2.24) is 9.97 Å². The minimum atomic E-state index is -0.505. The SMILES string of the molecule is Fc1cc(Nc2cc(Cl)nc(-c3ccccc3)n2)ccc1Cl.